The number of hydrogen-bond donors (Lipinski definition) is 0. The zero-order valence-corrected chi connectivity index (χ0v) is 11.8. The SMILES string of the molecule is [CH2]CCCCCCCCC(CC)CCCC. The third-order valence-electron chi connectivity index (χ3n) is 3.66. The van der Waals surface area contributed by atoms with Gasteiger partial charge in [0.05, 0.1) is 0 Å². The largest absolute Gasteiger partial charge is 0.0654 e. The van der Waals surface area contributed by atoms with E-state index in [4.69, 9.17) is 0 Å². The highest BCUT2D eigenvalue weighted by atomic mass is 14.1. The van der Waals surface area contributed by atoms with Gasteiger partial charge < -0.3 is 0 Å². The minimum atomic E-state index is 1.01. The lowest BCUT2D eigenvalue weighted by atomic mass is 9.93. The second-order valence-electron chi connectivity index (χ2n) is 5.18. The third kappa shape index (κ3) is 10.5. The highest BCUT2D eigenvalue weighted by molar-refractivity contribution is 4.58. The molecule has 0 aliphatic rings. The summed E-state index contributed by atoms with van der Waals surface area (Å²) in [5.74, 6) is 1.01. The van der Waals surface area contributed by atoms with Crippen LogP contribution in [0.15, 0.2) is 0 Å². The van der Waals surface area contributed by atoms with Crippen LogP contribution in [0.25, 0.3) is 0 Å². The number of unbranched alkanes of at least 4 members (excludes halogenated alkanes) is 7. The molecule has 0 saturated carbocycles. The summed E-state index contributed by atoms with van der Waals surface area (Å²) in [7, 11) is 0. The maximum absolute atomic E-state index is 3.88. The fourth-order valence-corrected chi connectivity index (χ4v) is 2.36. The van der Waals surface area contributed by atoms with Crippen molar-refractivity contribution in [2.45, 2.75) is 90.9 Å². The van der Waals surface area contributed by atoms with Crippen molar-refractivity contribution in [3.63, 3.8) is 0 Å². The Morgan fingerprint density at radius 2 is 1.31 bits per heavy atom. The van der Waals surface area contributed by atoms with Crippen LogP contribution in [-0.2, 0) is 0 Å². The summed E-state index contributed by atoms with van der Waals surface area (Å²) in [5.41, 5.74) is 0. The Morgan fingerprint density at radius 3 is 1.88 bits per heavy atom. The zero-order chi connectivity index (χ0) is 12.1. The molecule has 0 rings (SSSR count). The summed E-state index contributed by atoms with van der Waals surface area (Å²) in [6, 6.07) is 0. The van der Waals surface area contributed by atoms with Crippen molar-refractivity contribution in [3.8, 4) is 0 Å². The van der Waals surface area contributed by atoms with E-state index in [1.807, 2.05) is 0 Å². The first-order valence-electron chi connectivity index (χ1n) is 7.64. The molecule has 0 N–H and O–H groups in total. The molecule has 1 radical (unpaired) electrons. The molecule has 0 heterocycles. The van der Waals surface area contributed by atoms with Gasteiger partial charge in [-0.05, 0) is 5.92 Å². The van der Waals surface area contributed by atoms with Crippen molar-refractivity contribution in [1.82, 2.24) is 0 Å². The molecular weight excluding hydrogens is 192 g/mol. The van der Waals surface area contributed by atoms with Gasteiger partial charge >= 0.3 is 0 Å². The van der Waals surface area contributed by atoms with Crippen LogP contribution in [0.5, 0.6) is 0 Å². The molecule has 1 unspecified atom stereocenters. The standard InChI is InChI=1S/C16H33/c1-4-7-9-10-11-12-13-15-16(6-3)14-8-5-2/h16H,1,4-15H2,2-3H3. The maximum Gasteiger partial charge on any atom is -0.0417 e. The Balaban J connectivity index is 3.20. The van der Waals surface area contributed by atoms with E-state index in [0.29, 0.717) is 0 Å². The fourth-order valence-electron chi connectivity index (χ4n) is 2.36. The third-order valence-corrected chi connectivity index (χ3v) is 3.66. The molecule has 0 aromatic heterocycles. The van der Waals surface area contributed by atoms with Gasteiger partial charge in [-0.25, -0.2) is 0 Å². The van der Waals surface area contributed by atoms with E-state index >= 15 is 0 Å². The molecule has 0 nitrogen and oxygen atoms in total. The van der Waals surface area contributed by atoms with Crippen molar-refractivity contribution < 1.29 is 0 Å². The van der Waals surface area contributed by atoms with Crippen LogP contribution in [0.2, 0.25) is 0 Å². The molecule has 0 aromatic carbocycles. The summed E-state index contributed by atoms with van der Waals surface area (Å²) in [5, 5.41) is 0. The minimum Gasteiger partial charge on any atom is -0.0654 e. The van der Waals surface area contributed by atoms with Crippen molar-refractivity contribution in [2.75, 3.05) is 0 Å². The van der Waals surface area contributed by atoms with Crippen LogP contribution < -0.4 is 0 Å². The van der Waals surface area contributed by atoms with Gasteiger partial charge in [-0.1, -0.05) is 97.8 Å². The van der Waals surface area contributed by atoms with E-state index in [0.717, 1.165) is 12.3 Å². The second kappa shape index (κ2) is 13.1. The average molecular weight is 225 g/mol. The van der Waals surface area contributed by atoms with E-state index < -0.39 is 0 Å². The minimum absolute atomic E-state index is 1.01. The van der Waals surface area contributed by atoms with Crippen molar-refractivity contribution in [2.24, 2.45) is 5.92 Å². The summed E-state index contributed by atoms with van der Waals surface area (Å²) in [4.78, 5) is 0. The van der Waals surface area contributed by atoms with Gasteiger partial charge in [-0.15, -0.1) is 0 Å². The molecule has 1 atom stereocenters. The predicted octanol–water partition coefficient (Wildman–Crippen LogP) is 6.16. The highest BCUT2D eigenvalue weighted by Gasteiger charge is 2.04. The molecule has 0 bridgehead atoms. The first kappa shape index (κ1) is 16.0. The Labute approximate surface area is 104 Å². The lowest BCUT2D eigenvalue weighted by Gasteiger charge is -2.13. The summed E-state index contributed by atoms with van der Waals surface area (Å²) in [6.45, 7) is 8.54. The quantitative estimate of drug-likeness (QED) is 0.349. The number of hydrogen-bond acceptors (Lipinski definition) is 0. The summed E-state index contributed by atoms with van der Waals surface area (Å²) in [6.07, 6.45) is 16.8. The van der Waals surface area contributed by atoms with Gasteiger partial charge in [-0.2, -0.15) is 0 Å². The molecule has 97 valence electrons. The predicted molar refractivity (Wildman–Crippen MR) is 75.6 cm³/mol. The summed E-state index contributed by atoms with van der Waals surface area (Å²) < 4.78 is 0. The monoisotopic (exact) mass is 225 g/mol. The van der Waals surface area contributed by atoms with Gasteiger partial charge in [0.15, 0.2) is 0 Å². The average Bonchev–Trinajstić information content (AvgIpc) is 2.32. The van der Waals surface area contributed by atoms with E-state index in [2.05, 4.69) is 20.8 Å². The Morgan fingerprint density at radius 1 is 0.750 bits per heavy atom. The van der Waals surface area contributed by atoms with Crippen LogP contribution in [-0.4, -0.2) is 0 Å². The fraction of sp³-hybridized carbons (Fsp3) is 0.938. The van der Waals surface area contributed by atoms with E-state index in [9.17, 15) is 0 Å². The smallest absolute Gasteiger partial charge is 0.0417 e. The Hall–Kier alpha value is 0. The van der Waals surface area contributed by atoms with Gasteiger partial charge in [-0.3, -0.25) is 0 Å². The molecule has 0 aliphatic carbocycles. The van der Waals surface area contributed by atoms with E-state index in [1.165, 1.54) is 70.6 Å². The van der Waals surface area contributed by atoms with Gasteiger partial charge in [0.2, 0.25) is 0 Å². The lowest BCUT2D eigenvalue weighted by Crippen LogP contribution is -1.98. The molecule has 0 fully saturated rings. The molecular formula is C16H33. The van der Waals surface area contributed by atoms with E-state index in [1.54, 1.807) is 0 Å². The highest BCUT2D eigenvalue weighted by Crippen LogP contribution is 2.20. The molecule has 0 heteroatoms. The van der Waals surface area contributed by atoms with Crippen molar-refractivity contribution in [1.29, 1.82) is 0 Å². The van der Waals surface area contributed by atoms with Crippen LogP contribution in [0.3, 0.4) is 0 Å². The molecule has 16 heavy (non-hydrogen) atoms. The van der Waals surface area contributed by atoms with Crippen LogP contribution in [0.4, 0.5) is 0 Å². The topological polar surface area (TPSA) is 0 Å². The lowest BCUT2D eigenvalue weighted by molar-refractivity contribution is 0.400. The number of rotatable bonds is 12. The van der Waals surface area contributed by atoms with E-state index in [-0.39, 0.29) is 0 Å². The molecule has 0 aliphatic heterocycles. The molecule has 0 amide bonds. The van der Waals surface area contributed by atoms with Gasteiger partial charge in [0, 0.05) is 0 Å². The summed E-state index contributed by atoms with van der Waals surface area (Å²) >= 11 is 0. The zero-order valence-electron chi connectivity index (χ0n) is 11.8. The molecule has 0 spiro atoms. The second-order valence-corrected chi connectivity index (χ2v) is 5.18. The first-order valence-corrected chi connectivity index (χ1v) is 7.64. The van der Waals surface area contributed by atoms with Crippen molar-refractivity contribution >= 4 is 0 Å². The van der Waals surface area contributed by atoms with Gasteiger partial charge in [0.25, 0.3) is 0 Å². The van der Waals surface area contributed by atoms with Crippen LogP contribution >= 0.6 is 0 Å². The van der Waals surface area contributed by atoms with Crippen LogP contribution in [0, 0.1) is 12.8 Å². The maximum atomic E-state index is 3.88. The first-order chi connectivity index (χ1) is 7.85. The van der Waals surface area contributed by atoms with Gasteiger partial charge in [0.1, 0.15) is 0 Å². The Kier molecular flexibility index (Phi) is 13.1. The van der Waals surface area contributed by atoms with Crippen LogP contribution in [0.1, 0.15) is 90.9 Å². The van der Waals surface area contributed by atoms with Crippen molar-refractivity contribution in [3.05, 3.63) is 6.92 Å². The molecule has 0 aromatic rings. The molecule has 0 saturated heterocycles. The normalized spacial score (nSPS) is 12.9. The Bertz CT molecular complexity index is 117.